The van der Waals surface area contributed by atoms with Crippen molar-refractivity contribution in [2.24, 2.45) is 5.41 Å². The fourth-order valence-electron chi connectivity index (χ4n) is 7.03. The summed E-state index contributed by atoms with van der Waals surface area (Å²) in [6.07, 6.45) is 2.86. The van der Waals surface area contributed by atoms with E-state index in [4.69, 9.17) is 0 Å². The summed E-state index contributed by atoms with van der Waals surface area (Å²) in [6, 6.07) is 4.31. The second-order valence-electron chi connectivity index (χ2n) is 13.6. The Kier molecular flexibility index (Phi) is 9.82. The molecule has 3 atom stereocenters. The van der Waals surface area contributed by atoms with Gasteiger partial charge in [0.05, 0.1) is 23.1 Å². The van der Waals surface area contributed by atoms with Crippen molar-refractivity contribution in [2.75, 3.05) is 11.9 Å². The number of halogens is 3. The second-order valence-corrected chi connectivity index (χ2v) is 15.8. The van der Waals surface area contributed by atoms with Crippen LogP contribution in [0.1, 0.15) is 66.5 Å². The Balaban J connectivity index is 1.28. The van der Waals surface area contributed by atoms with E-state index in [0.29, 0.717) is 58.3 Å². The molecule has 53 heavy (non-hydrogen) atoms. The zero-order chi connectivity index (χ0) is 37.7. The van der Waals surface area contributed by atoms with Crippen LogP contribution in [0.25, 0.3) is 22.2 Å². The number of aryl methyl sites for hydroxylation is 2. The molecule has 1 aliphatic carbocycles. The molecule has 1 aromatic carbocycles. The van der Waals surface area contributed by atoms with Crippen LogP contribution in [0.2, 0.25) is 0 Å². The van der Waals surface area contributed by atoms with Crippen molar-refractivity contribution in [3.8, 4) is 11.3 Å². The highest BCUT2D eigenvalue weighted by atomic mass is 33.1. The number of benzene rings is 1. The monoisotopic (exact) mass is 764 g/mol. The van der Waals surface area contributed by atoms with Crippen LogP contribution < -0.4 is 10.6 Å². The number of aromatic nitrogens is 5. The number of carbonyl (C=O) groups excluding carboxylic acids is 4. The standard InChI is InChI=1S/C36H35F3N8O4S2/c1-19-8-9-27(36(37,38)39)43-33(19)44-34(51)25-13-35-14-28(35)47(25)30(50)17-46-32-23(31(45-46)21(3)48)11-22(24-16-40-20(2)15-41-24)12-26(32)53-52-10-6-4-5-7-29(49)42-18-35/h6,8-12,15-16,25,28H,4-5,7,13-14,17-18H2,1-3H3,(H,42,49)(H,43,44,51)/b10-6+/t25-,28+,35-/m0/s1. The molecule has 0 radical (unpaired) electrons. The molecule has 2 fully saturated rings. The van der Waals surface area contributed by atoms with Gasteiger partial charge in [0.15, 0.2) is 5.78 Å². The van der Waals surface area contributed by atoms with Gasteiger partial charge in [-0.2, -0.15) is 18.3 Å². The summed E-state index contributed by atoms with van der Waals surface area (Å²) in [6.45, 7) is 4.67. The number of nitrogens with zero attached hydrogens (tertiary/aromatic N) is 6. The molecule has 1 saturated carbocycles. The zero-order valence-corrected chi connectivity index (χ0v) is 30.6. The maximum atomic E-state index is 14.4. The van der Waals surface area contributed by atoms with Gasteiger partial charge in [-0.25, -0.2) is 4.98 Å². The number of ketones is 1. The lowest BCUT2D eigenvalue weighted by Crippen LogP contribution is -2.47. The molecule has 0 unspecified atom stereocenters. The van der Waals surface area contributed by atoms with Crippen molar-refractivity contribution in [1.29, 1.82) is 0 Å². The SMILES string of the molecule is CC(=O)c1nn2c3c(cc(-c4cnc(C)cn4)cc13)SS/C=C/CCCC(=O)NC[C@@]13C[C@@H](C(=O)Nc4nc(C(F)(F)F)ccc4C)N(C(=O)C2)[C@@H]1C3. The molecule has 3 aliphatic rings. The van der Waals surface area contributed by atoms with E-state index in [1.165, 1.54) is 51.1 Å². The first-order chi connectivity index (χ1) is 25.2. The zero-order valence-electron chi connectivity index (χ0n) is 29.0. The maximum absolute atomic E-state index is 14.4. The summed E-state index contributed by atoms with van der Waals surface area (Å²) >= 11 is 0. The Morgan fingerprint density at radius 2 is 1.91 bits per heavy atom. The Morgan fingerprint density at radius 3 is 2.64 bits per heavy atom. The van der Waals surface area contributed by atoms with E-state index in [1.807, 2.05) is 24.5 Å². The Morgan fingerprint density at radius 1 is 1.09 bits per heavy atom. The highest BCUT2D eigenvalue weighted by molar-refractivity contribution is 8.77. The molecule has 12 nitrogen and oxygen atoms in total. The molecule has 276 valence electrons. The minimum atomic E-state index is -4.73. The highest BCUT2D eigenvalue weighted by Gasteiger charge is 2.67. The fourth-order valence-corrected chi connectivity index (χ4v) is 8.97. The van der Waals surface area contributed by atoms with Gasteiger partial charge in [-0.15, -0.1) is 0 Å². The fraction of sp³-hybridized carbons (Fsp3) is 0.389. The average molecular weight is 765 g/mol. The molecule has 1 saturated heterocycles. The first kappa shape index (κ1) is 36.6. The summed E-state index contributed by atoms with van der Waals surface area (Å²) < 4.78 is 42.0. The van der Waals surface area contributed by atoms with Crippen LogP contribution in [0.4, 0.5) is 19.0 Å². The van der Waals surface area contributed by atoms with E-state index in [9.17, 15) is 32.3 Å². The van der Waals surface area contributed by atoms with E-state index in [2.05, 4.69) is 30.7 Å². The number of allylic oxidation sites excluding steroid dienone is 1. The summed E-state index contributed by atoms with van der Waals surface area (Å²) in [5, 5.41) is 12.6. The molecule has 2 N–H and O–H groups in total. The second kappa shape index (κ2) is 14.2. The van der Waals surface area contributed by atoms with E-state index in [-0.39, 0.29) is 42.7 Å². The third-order valence-corrected chi connectivity index (χ3v) is 11.9. The largest absolute Gasteiger partial charge is 0.433 e. The van der Waals surface area contributed by atoms with Gasteiger partial charge >= 0.3 is 6.18 Å². The van der Waals surface area contributed by atoms with Crippen molar-refractivity contribution in [3.05, 3.63) is 70.8 Å². The van der Waals surface area contributed by atoms with E-state index >= 15 is 0 Å². The first-order valence-electron chi connectivity index (χ1n) is 17.0. The Bertz CT molecular complexity index is 2170. The predicted octanol–water partition coefficient (Wildman–Crippen LogP) is 6.28. The third kappa shape index (κ3) is 7.40. The lowest BCUT2D eigenvalue weighted by atomic mass is 9.98. The predicted molar refractivity (Wildman–Crippen MR) is 194 cm³/mol. The van der Waals surface area contributed by atoms with Gasteiger partial charge in [0.25, 0.3) is 0 Å². The molecular formula is C36H35F3N8O4S2. The molecule has 3 aromatic heterocycles. The van der Waals surface area contributed by atoms with Crippen LogP contribution in [0, 0.1) is 19.3 Å². The van der Waals surface area contributed by atoms with Gasteiger partial charge in [0.1, 0.15) is 29.8 Å². The molecular weight excluding hydrogens is 730 g/mol. The van der Waals surface area contributed by atoms with Crippen molar-refractivity contribution < 1.29 is 32.3 Å². The van der Waals surface area contributed by atoms with Crippen molar-refractivity contribution in [3.63, 3.8) is 0 Å². The van der Waals surface area contributed by atoms with Crippen molar-refractivity contribution >= 4 is 61.8 Å². The summed E-state index contributed by atoms with van der Waals surface area (Å²) in [7, 11) is 2.84. The molecule has 4 aromatic rings. The Hall–Kier alpha value is -4.77. The highest BCUT2D eigenvalue weighted by Crippen LogP contribution is 2.59. The number of rotatable bonds is 4. The van der Waals surface area contributed by atoms with Crippen molar-refractivity contribution in [2.45, 2.75) is 82.6 Å². The number of Topliss-reactive ketones (excluding diaryl/α,β-unsaturated/α-hetero) is 1. The quantitative estimate of drug-likeness (QED) is 0.180. The number of pyridine rings is 1. The molecule has 2 bridgehead atoms. The molecule has 2 aliphatic heterocycles. The first-order valence-corrected chi connectivity index (χ1v) is 19.2. The van der Waals surface area contributed by atoms with Crippen LogP contribution in [0.5, 0.6) is 0 Å². The maximum Gasteiger partial charge on any atom is 0.433 e. The summed E-state index contributed by atoms with van der Waals surface area (Å²) in [4.78, 5) is 68.9. The number of piperidine rings is 1. The van der Waals surface area contributed by atoms with E-state index in [0.717, 1.165) is 11.8 Å². The average Bonchev–Trinajstić information content (AvgIpc) is 3.52. The Labute approximate surface area is 310 Å². The molecule has 5 heterocycles. The number of anilines is 1. The third-order valence-electron chi connectivity index (χ3n) is 9.84. The van der Waals surface area contributed by atoms with Crippen LogP contribution in [0.3, 0.4) is 0 Å². The minimum Gasteiger partial charge on any atom is -0.355 e. The number of hydrogen-bond acceptors (Lipinski definition) is 10. The summed E-state index contributed by atoms with van der Waals surface area (Å²) in [5.41, 5.74) is 1.32. The number of nitrogens with one attached hydrogen (secondary N) is 2. The normalized spacial score (nSPS) is 22.8. The van der Waals surface area contributed by atoms with Crippen LogP contribution >= 0.6 is 21.6 Å². The van der Waals surface area contributed by atoms with Gasteiger partial charge in [0, 0.05) is 53.4 Å². The topological polar surface area (TPSA) is 152 Å². The number of alkyl halides is 3. The molecule has 0 spiro atoms. The lowest BCUT2D eigenvalue weighted by molar-refractivity contribution is -0.141. The van der Waals surface area contributed by atoms with Gasteiger partial charge < -0.3 is 15.5 Å². The lowest BCUT2D eigenvalue weighted by Gasteiger charge is -2.27. The van der Waals surface area contributed by atoms with Crippen LogP contribution in [-0.4, -0.2) is 71.8 Å². The minimum absolute atomic E-state index is 0.146. The molecule has 3 amide bonds. The summed E-state index contributed by atoms with van der Waals surface area (Å²) in [5.74, 6) is -1.86. The van der Waals surface area contributed by atoms with Crippen LogP contribution in [0.15, 0.2) is 53.0 Å². The van der Waals surface area contributed by atoms with Gasteiger partial charge in [0.2, 0.25) is 17.7 Å². The molecule has 7 rings (SSSR count). The van der Waals surface area contributed by atoms with Gasteiger partial charge in [-0.3, -0.25) is 33.8 Å². The van der Waals surface area contributed by atoms with Gasteiger partial charge in [-0.1, -0.05) is 33.7 Å². The smallest absolute Gasteiger partial charge is 0.355 e. The van der Waals surface area contributed by atoms with Gasteiger partial charge in [-0.05, 0) is 68.7 Å². The molecule has 17 heteroatoms. The van der Waals surface area contributed by atoms with Crippen molar-refractivity contribution in [1.82, 2.24) is 34.9 Å². The van der Waals surface area contributed by atoms with E-state index in [1.54, 1.807) is 18.5 Å². The number of carbonyl (C=O) groups is 4. The number of hydrogen-bond donors (Lipinski definition) is 2. The van der Waals surface area contributed by atoms with E-state index < -0.39 is 41.2 Å². The number of amides is 3. The van der Waals surface area contributed by atoms with Crippen LogP contribution in [-0.2, 0) is 27.1 Å².